The molecule has 2 aliphatic rings. The van der Waals surface area contributed by atoms with Gasteiger partial charge in [0.05, 0.1) is 0 Å². The van der Waals surface area contributed by atoms with Crippen molar-refractivity contribution in [1.82, 2.24) is 4.90 Å². The van der Waals surface area contributed by atoms with Gasteiger partial charge in [-0.15, -0.1) is 0 Å². The zero-order valence-corrected chi connectivity index (χ0v) is 11.7. The Hall–Kier alpha value is -0.300. The summed E-state index contributed by atoms with van der Waals surface area (Å²) >= 11 is 0. The standard InChI is InChI=1S/C15H27N/c1-12(2)13-9-15(11-14(3,4)5)7-6-8-16(15)10-13/h6-11H2,1-5H3/t15-/m0/s1. The molecule has 2 aliphatic heterocycles. The molecule has 0 bridgehead atoms. The van der Waals surface area contributed by atoms with Crippen LogP contribution in [0.25, 0.3) is 0 Å². The van der Waals surface area contributed by atoms with Gasteiger partial charge in [-0.3, -0.25) is 4.90 Å². The van der Waals surface area contributed by atoms with Crippen molar-refractivity contribution >= 4 is 0 Å². The summed E-state index contributed by atoms with van der Waals surface area (Å²) in [6, 6.07) is 0. The van der Waals surface area contributed by atoms with Crippen LogP contribution in [0.2, 0.25) is 0 Å². The molecule has 2 heterocycles. The lowest BCUT2D eigenvalue weighted by Crippen LogP contribution is -2.41. The smallest absolute Gasteiger partial charge is 0.0256 e. The van der Waals surface area contributed by atoms with E-state index >= 15 is 0 Å². The highest BCUT2D eigenvalue weighted by Gasteiger charge is 2.47. The summed E-state index contributed by atoms with van der Waals surface area (Å²) in [5.74, 6) is 0. The van der Waals surface area contributed by atoms with Crippen LogP contribution >= 0.6 is 0 Å². The minimum Gasteiger partial charge on any atom is -0.293 e. The topological polar surface area (TPSA) is 3.24 Å². The van der Waals surface area contributed by atoms with Crippen molar-refractivity contribution in [3.63, 3.8) is 0 Å². The highest BCUT2D eigenvalue weighted by molar-refractivity contribution is 5.24. The maximum atomic E-state index is 2.76. The molecule has 0 aliphatic carbocycles. The second-order valence-electron chi connectivity index (χ2n) is 7.27. The highest BCUT2D eigenvalue weighted by atomic mass is 15.2. The van der Waals surface area contributed by atoms with Gasteiger partial charge in [-0.25, -0.2) is 0 Å². The third-order valence-electron chi connectivity index (χ3n) is 4.23. The van der Waals surface area contributed by atoms with E-state index in [9.17, 15) is 0 Å². The normalized spacial score (nSPS) is 30.9. The van der Waals surface area contributed by atoms with Gasteiger partial charge in [-0.05, 0) is 51.5 Å². The summed E-state index contributed by atoms with van der Waals surface area (Å²) < 4.78 is 0. The molecular weight excluding hydrogens is 194 g/mol. The number of rotatable bonds is 1. The van der Waals surface area contributed by atoms with E-state index in [1.54, 1.807) is 11.1 Å². The molecule has 0 unspecified atom stereocenters. The Bertz CT molecular complexity index is 304. The lowest BCUT2D eigenvalue weighted by atomic mass is 9.77. The highest BCUT2D eigenvalue weighted by Crippen LogP contribution is 2.48. The molecule has 16 heavy (non-hydrogen) atoms. The largest absolute Gasteiger partial charge is 0.293 e. The van der Waals surface area contributed by atoms with E-state index in [1.807, 2.05) is 0 Å². The van der Waals surface area contributed by atoms with Crippen molar-refractivity contribution in [2.24, 2.45) is 5.41 Å². The van der Waals surface area contributed by atoms with Gasteiger partial charge in [0.25, 0.3) is 0 Å². The summed E-state index contributed by atoms with van der Waals surface area (Å²) in [5.41, 5.74) is 4.25. The number of hydrogen-bond donors (Lipinski definition) is 0. The number of hydrogen-bond acceptors (Lipinski definition) is 1. The van der Waals surface area contributed by atoms with Gasteiger partial charge < -0.3 is 0 Å². The number of allylic oxidation sites excluding steroid dienone is 1. The summed E-state index contributed by atoms with van der Waals surface area (Å²) in [7, 11) is 0. The van der Waals surface area contributed by atoms with Crippen LogP contribution in [-0.2, 0) is 0 Å². The van der Waals surface area contributed by atoms with E-state index in [-0.39, 0.29) is 0 Å². The Morgan fingerprint density at radius 3 is 2.56 bits per heavy atom. The molecule has 0 spiro atoms. The third-order valence-corrected chi connectivity index (χ3v) is 4.23. The first-order chi connectivity index (χ1) is 7.32. The average Bonchev–Trinajstić information content (AvgIpc) is 2.55. The Morgan fingerprint density at radius 1 is 1.31 bits per heavy atom. The van der Waals surface area contributed by atoms with Gasteiger partial charge in [-0.1, -0.05) is 31.9 Å². The molecule has 1 atom stereocenters. The zero-order valence-electron chi connectivity index (χ0n) is 11.7. The third kappa shape index (κ3) is 2.20. The van der Waals surface area contributed by atoms with Gasteiger partial charge in [0.2, 0.25) is 0 Å². The molecule has 1 heteroatoms. The molecule has 0 radical (unpaired) electrons. The summed E-state index contributed by atoms with van der Waals surface area (Å²) in [4.78, 5) is 2.76. The maximum Gasteiger partial charge on any atom is 0.0256 e. The summed E-state index contributed by atoms with van der Waals surface area (Å²) in [6.45, 7) is 14.3. The van der Waals surface area contributed by atoms with Crippen molar-refractivity contribution in [2.75, 3.05) is 13.1 Å². The van der Waals surface area contributed by atoms with Crippen LogP contribution < -0.4 is 0 Å². The van der Waals surface area contributed by atoms with E-state index < -0.39 is 0 Å². The SMILES string of the molecule is CC(C)=C1CN2CCC[C@@]2(CC(C)(C)C)C1. The first-order valence-corrected chi connectivity index (χ1v) is 6.73. The van der Waals surface area contributed by atoms with E-state index in [2.05, 4.69) is 39.5 Å². The van der Waals surface area contributed by atoms with Crippen LogP contribution in [0, 0.1) is 5.41 Å². The molecule has 92 valence electrons. The minimum atomic E-state index is 0.458. The van der Waals surface area contributed by atoms with Crippen LogP contribution in [0.15, 0.2) is 11.1 Å². The van der Waals surface area contributed by atoms with Gasteiger partial charge >= 0.3 is 0 Å². The lowest BCUT2D eigenvalue weighted by molar-refractivity contribution is 0.130. The Labute approximate surface area is 101 Å². The average molecular weight is 221 g/mol. The van der Waals surface area contributed by atoms with Gasteiger partial charge in [-0.2, -0.15) is 0 Å². The molecule has 2 rings (SSSR count). The van der Waals surface area contributed by atoms with Crippen LogP contribution in [0.3, 0.4) is 0 Å². The Morgan fingerprint density at radius 2 is 2.00 bits per heavy atom. The van der Waals surface area contributed by atoms with Crippen molar-refractivity contribution in [2.45, 2.75) is 65.8 Å². The van der Waals surface area contributed by atoms with Crippen molar-refractivity contribution in [1.29, 1.82) is 0 Å². The maximum absolute atomic E-state index is 2.76. The zero-order chi connectivity index (χ0) is 12.0. The van der Waals surface area contributed by atoms with Crippen LogP contribution in [0.5, 0.6) is 0 Å². The predicted octanol–water partition coefficient (Wildman–Crippen LogP) is 4.00. The Kier molecular flexibility index (Phi) is 2.94. The molecule has 2 fully saturated rings. The van der Waals surface area contributed by atoms with E-state index in [4.69, 9.17) is 0 Å². The monoisotopic (exact) mass is 221 g/mol. The molecular formula is C15H27N. The number of fused-ring (bicyclic) bond motifs is 1. The van der Waals surface area contributed by atoms with Crippen molar-refractivity contribution < 1.29 is 0 Å². The number of nitrogens with zero attached hydrogens (tertiary/aromatic N) is 1. The summed E-state index contributed by atoms with van der Waals surface area (Å²) in [6.07, 6.45) is 5.52. The predicted molar refractivity (Wildman–Crippen MR) is 70.6 cm³/mol. The molecule has 0 aromatic carbocycles. The lowest BCUT2D eigenvalue weighted by Gasteiger charge is -2.37. The fourth-order valence-electron chi connectivity index (χ4n) is 3.71. The Balaban J connectivity index is 2.21. The molecule has 0 saturated carbocycles. The molecule has 0 amide bonds. The fourth-order valence-corrected chi connectivity index (χ4v) is 3.71. The minimum absolute atomic E-state index is 0.458. The van der Waals surface area contributed by atoms with E-state index in [0.29, 0.717) is 11.0 Å². The first-order valence-electron chi connectivity index (χ1n) is 6.73. The first kappa shape index (κ1) is 12.2. The fraction of sp³-hybridized carbons (Fsp3) is 0.867. The van der Waals surface area contributed by atoms with Gasteiger partial charge in [0.15, 0.2) is 0 Å². The molecule has 1 nitrogen and oxygen atoms in total. The van der Waals surface area contributed by atoms with Gasteiger partial charge in [0.1, 0.15) is 0 Å². The van der Waals surface area contributed by atoms with E-state index in [0.717, 1.165) is 0 Å². The van der Waals surface area contributed by atoms with Crippen molar-refractivity contribution in [3.8, 4) is 0 Å². The van der Waals surface area contributed by atoms with Gasteiger partial charge in [0, 0.05) is 12.1 Å². The molecule has 0 aromatic heterocycles. The second kappa shape index (κ2) is 3.87. The van der Waals surface area contributed by atoms with E-state index in [1.165, 1.54) is 38.8 Å². The van der Waals surface area contributed by atoms with Crippen LogP contribution in [-0.4, -0.2) is 23.5 Å². The second-order valence-corrected chi connectivity index (χ2v) is 7.27. The van der Waals surface area contributed by atoms with Crippen molar-refractivity contribution in [3.05, 3.63) is 11.1 Å². The van der Waals surface area contributed by atoms with Crippen LogP contribution in [0.1, 0.15) is 60.3 Å². The summed E-state index contributed by atoms with van der Waals surface area (Å²) in [5, 5.41) is 0. The molecule has 2 saturated heterocycles. The quantitative estimate of drug-likeness (QED) is 0.605. The van der Waals surface area contributed by atoms with Crippen LogP contribution in [0.4, 0.5) is 0 Å². The molecule has 0 N–H and O–H groups in total. The molecule has 0 aromatic rings.